The number of hydrogen-bond donors (Lipinski definition) is 0. The molecule has 1 fully saturated rings. The van der Waals surface area contributed by atoms with Crippen molar-refractivity contribution in [2.24, 2.45) is 5.92 Å². The summed E-state index contributed by atoms with van der Waals surface area (Å²) in [6.45, 7) is 0. The average Bonchev–Trinajstić information content (AvgIpc) is 2.39. The Bertz CT molecular complexity index is 207. The fraction of sp³-hybridized carbons (Fsp3) is 0.500. The lowest BCUT2D eigenvalue weighted by Gasteiger charge is -2.04. The zero-order valence-corrected chi connectivity index (χ0v) is 6.55. The van der Waals surface area contributed by atoms with Crippen LogP contribution in [0, 0.1) is 18.3 Å². The molecule has 0 aromatic heterocycles. The SMILES string of the molecule is C#C/C=C1/CCCC1CC=O. The molecular weight excluding hydrogens is 136 g/mol. The number of carbonyl (C=O) groups excluding carboxylic acids is 1. The van der Waals surface area contributed by atoms with E-state index < -0.39 is 0 Å². The summed E-state index contributed by atoms with van der Waals surface area (Å²) in [5.41, 5.74) is 1.29. The van der Waals surface area contributed by atoms with Crippen LogP contribution in [0.15, 0.2) is 11.6 Å². The van der Waals surface area contributed by atoms with Crippen LogP contribution in [-0.4, -0.2) is 6.29 Å². The highest BCUT2D eigenvalue weighted by Crippen LogP contribution is 2.32. The van der Waals surface area contributed by atoms with Gasteiger partial charge in [-0.3, -0.25) is 0 Å². The maximum atomic E-state index is 10.2. The molecule has 1 heteroatoms. The Morgan fingerprint density at radius 2 is 2.55 bits per heavy atom. The number of terminal acetylenes is 1. The van der Waals surface area contributed by atoms with Crippen LogP contribution in [0.5, 0.6) is 0 Å². The van der Waals surface area contributed by atoms with Crippen molar-refractivity contribution in [3.63, 3.8) is 0 Å². The molecule has 0 bridgehead atoms. The third-order valence-corrected chi connectivity index (χ3v) is 2.19. The molecule has 0 N–H and O–H groups in total. The molecule has 0 amide bonds. The van der Waals surface area contributed by atoms with E-state index in [1.807, 2.05) is 6.08 Å². The van der Waals surface area contributed by atoms with Crippen LogP contribution in [0.25, 0.3) is 0 Å². The molecule has 11 heavy (non-hydrogen) atoms. The maximum Gasteiger partial charge on any atom is 0.120 e. The smallest absolute Gasteiger partial charge is 0.120 e. The molecule has 58 valence electrons. The Balaban J connectivity index is 2.59. The molecule has 1 aliphatic carbocycles. The Kier molecular flexibility index (Phi) is 2.92. The van der Waals surface area contributed by atoms with E-state index in [1.165, 1.54) is 12.0 Å². The highest BCUT2D eigenvalue weighted by Gasteiger charge is 2.19. The molecule has 0 heterocycles. The topological polar surface area (TPSA) is 17.1 Å². The Hall–Kier alpha value is -1.03. The van der Waals surface area contributed by atoms with Crippen molar-refractivity contribution in [3.05, 3.63) is 11.6 Å². The van der Waals surface area contributed by atoms with Crippen molar-refractivity contribution in [3.8, 4) is 12.3 Å². The minimum Gasteiger partial charge on any atom is -0.303 e. The van der Waals surface area contributed by atoms with Crippen molar-refractivity contribution < 1.29 is 4.79 Å². The monoisotopic (exact) mass is 148 g/mol. The Labute approximate surface area is 67.5 Å². The van der Waals surface area contributed by atoms with E-state index in [4.69, 9.17) is 6.42 Å². The predicted octanol–water partition coefficient (Wildman–Crippen LogP) is 1.94. The number of rotatable bonds is 2. The van der Waals surface area contributed by atoms with Crippen molar-refractivity contribution in [2.75, 3.05) is 0 Å². The highest BCUT2D eigenvalue weighted by molar-refractivity contribution is 5.51. The first-order valence-corrected chi connectivity index (χ1v) is 3.97. The van der Waals surface area contributed by atoms with Gasteiger partial charge in [0.25, 0.3) is 0 Å². The summed E-state index contributed by atoms with van der Waals surface area (Å²) in [5, 5.41) is 0. The van der Waals surface area contributed by atoms with Gasteiger partial charge in [0, 0.05) is 6.42 Å². The van der Waals surface area contributed by atoms with Gasteiger partial charge in [0.2, 0.25) is 0 Å². The third-order valence-electron chi connectivity index (χ3n) is 2.19. The molecule has 1 nitrogen and oxygen atoms in total. The number of aldehydes is 1. The van der Waals surface area contributed by atoms with E-state index in [0.29, 0.717) is 12.3 Å². The van der Waals surface area contributed by atoms with Gasteiger partial charge in [-0.05, 0) is 31.3 Å². The fourth-order valence-corrected chi connectivity index (χ4v) is 1.62. The van der Waals surface area contributed by atoms with Gasteiger partial charge in [0.15, 0.2) is 0 Å². The Morgan fingerprint density at radius 3 is 3.18 bits per heavy atom. The molecule has 0 saturated heterocycles. The molecule has 0 aromatic carbocycles. The zero-order valence-electron chi connectivity index (χ0n) is 6.55. The fourth-order valence-electron chi connectivity index (χ4n) is 1.62. The molecule has 1 aliphatic rings. The lowest BCUT2D eigenvalue weighted by molar-refractivity contribution is -0.108. The molecular formula is C10H12O. The van der Waals surface area contributed by atoms with E-state index in [2.05, 4.69) is 5.92 Å². The van der Waals surface area contributed by atoms with Crippen LogP contribution in [-0.2, 0) is 4.79 Å². The normalized spacial score (nSPS) is 26.8. The first-order valence-electron chi connectivity index (χ1n) is 3.97. The van der Waals surface area contributed by atoms with Gasteiger partial charge in [-0.1, -0.05) is 11.5 Å². The predicted molar refractivity (Wildman–Crippen MR) is 44.9 cm³/mol. The molecule has 1 unspecified atom stereocenters. The maximum absolute atomic E-state index is 10.2. The first-order chi connectivity index (χ1) is 5.38. The van der Waals surface area contributed by atoms with Crippen LogP contribution < -0.4 is 0 Å². The van der Waals surface area contributed by atoms with Gasteiger partial charge in [-0.25, -0.2) is 0 Å². The minimum absolute atomic E-state index is 0.448. The summed E-state index contributed by atoms with van der Waals surface area (Å²) < 4.78 is 0. The van der Waals surface area contributed by atoms with E-state index >= 15 is 0 Å². The van der Waals surface area contributed by atoms with Gasteiger partial charge in [0.1, 0.15) is 6.29 Å². The summed E-state index contributed by atoms with van der Waals surface area (Å²) in [4.78, 5) is 10.2. The number of allylic oxidation sites excluding steroid dienone is 2. The Morgan fingerprint density at radius 1 is 1.73 bits per heavy atom. The average molecular weight is 148 g/mol. The highest BCUT2D eigenvalue weighted by atomic mass is 16.1. The minimum atomic E-state index is 0.448. The van der Waals surface area contributed by atoms with Crippen LogP contribution in [0.1, 0.15) is 25.7 Å². The molecule has 1 saturated carbocycles. The standard InChI is InChI=1S/C10H12O/c1-2-4-9-5-3-6-10(9)7-8-11/h1,4,8,10H,3,5-7H2/b9-4-. The molecule has 0 aromatic rings. The van der Waals surface area contributed by atoms with Crippen molar-refractivity contribution >= 4 is 6.29 Å². The molecule has 1 rings (SSSR count). The largest absolute Gasteiger partial charge is 0.303 e. The van der Waals surface area contributed by atoms with Gasteiger partial charge >= 0.3 is 0 Å². The van der Waals surface area contributed by atoms with E-state index in [-0.39, 0.29) is 0 Å². The van der Waals surface area contributed by atoms with Crippen LogP contribution in [0.3, 0.4) is 0 Å². The number of carbonyl (C=O) groups is 1. The van der Waals surface area contributed by atoms with E-state index in [1.54, 1.807) is 0 Å². The summed E-state index contributed by atoms with van der Waals surface area (Å²) >= 11 is 0. The van der Waals surface area contributed by atoms with Gasteiger partial charge < -0.3 is 4.79 Å². The second kappa shape index (κ2) is 3.98. The molecule has 1 atom stereocenters. The molecule has 0 spiro atoms. The first kappa shape index (κ1) is 8.07. The molecule has 0 radical (unpaired) electrons. The summed E-state index contributed by atoms with van der Waals surface area (Å²) in [6, 6.07) is 0. The summed E-state index contributed by atoms with van der Waals surface area (Å²) in [7, 11) is 0. The van der Waals surface area contributed by atoms with Crippen LogP contribution in [0.4, 0.5) is 0 Å². The second-order valence-corrected chi connectivity index (χ2v) is 2.88. The van der Waals surface area contributed by atoms with Gasteiger partial charge in [0.05, 0.1) is 0 Å². The van der Waals surface area contributed by atoms with Crippen molar-refractivity contribution in [1.82, 2.24) is 0 Å². The van der Waals surface area contributed by atoms with Crippen LogP contribution in [0.2, 0.25) is 0 Å². The third kappa shape index (κ3) is 1.94. The van der Waals surface area contributed by atoms with E-state index in [9.17, 15) is 4.79 Å². The van der Waals surface area contributed by atoms with Gasteiger partial charge in [-0.2, -0.15) is 0 Å². The van der Waals surface area contributed by atoms with Crippen molar-refractivity contribution in [1.29, 1.82) is 0 Å². The lowest BCUT2D eigenvalue weighted by Crippen LogP contribution is -1.96. The zero-order chi connectivity index (χ0) is 8.10. The van der Waals surface area contributed by atoms with Crippen LogP contribution >= 0.6 is 0 Å². The number of hydrogen-bond acceptors (Lipinski definition) is 1. The van der Waals surface area contributed by atoms with E-state index in [0.717, 1.165) is 19.1 Å². The quantitative estimate of drug-likeness (QED) is 0.432. The second-order valence-electron chi connectivity index (χ2n) is 2.88. The van der Waals surface area contributed by atoms with Gasteiger partial charge in [-0.15, -0.1) is 6.42 Å². The summed E-state index contributed by atoms with van der Waals surface area (Å²) in [5.74, 6) is 2.97. The summed E-state index contributed by atoms with van der Waals surface area (Å²) in [6.07, 6.45) is 12.0. The lowest BCUT2D eigenvalue weighted by atomic mass is 10.00. The van der Waals surface area contributed by atoms with Crippen molar-refractivity contribution in [2.45, 2.75) is 25.7 Å². The molecule has 0 aliphatic heterocycles.